The number of aryl methyl sites for hydroxylation is 1. The normalized spacial score (nSPS) is 22.0. The number of fused-ring (bicyclic) bond motifs is 1. The molecule has 1 aliphatic rings. The van der Waals surface area contributed by atoms with Crippen LogP contribution in [-0.2, 0) is 0 Å². The molecule has 0 radical (unpaired) electrons. The zero-order valence-electron chi connectivity index (χ0n) is 12.3. The molecule has 112 valence electrons. The fourth-order valence-electron chi connectivity index (χ4n) is 2.80. The number of hydrogen-bond acceptors (Lipinski definition) is 3. The molecule has 0 aliphatic carbocycles. The number of pyridine rings is 1. The Balaban J connectivity index is 1.75. The summed E-state index contributed by atoms with van der Waals surface area (Å²) >= 11 is 0. The average molecular weight is 288 g/mol. The fourth-order valence-corrected chi connectivity index (χ4v) is 2.80. The van der Waals surface area contributed by atoms with Crippen molar-refractivity contribution in [2.45, 2.75) is 32.3 Å². The van der Waals surface area contributed by atoms with Gasteiger partial charge in [0.05, 0.1) is 17.8 Å². The summed E-state index contributed by atoms with van der Waals surface area (Å²) in [5.74, 6) is 0. The van der Waals surface area contributed by atoms with E-state index in [4.69, 9.17) is 0 Å². The summed E-state index contributed by atoms with van der Waals surface area (Å²) < 4.78 is 1.89. The van der Waals surface area contributed by atoms with Crippen molar-refractivity contribution in [3.05, 3.63) is 30.2 Å². The molecule has 2 aromatic rings. The monoisotopic (exact) mass is 288 g/mol. The predicted molar refractivity (Wildman–Crippen MR) is 80.4 cm³/mol. The first-order valence-electron chi connectivity index (χ1n) is 7.22. The van der Waals surface area contributed by atoms with Crippen LogP contribution in [-0.4, -0.2) is 44.1 Å². The lowest BCUT2D eigenvalue weighted by Gasteiger charge is -2.22. The van der Waals surface area contributed by atoms with Crippen molar-refractivity contribution < 1.29 is 9.90 Å². The fraction of sp³-hybridized carbons (Fsp3) is 0.467. The highest BCUT2D eigenvalue weighted by Crippen LogP contribution is 2.25. The van der Waals surface area contributed by atoms with E-state index in [1.54, 1.807) is 11.1 Å². The number of aliphatic hydroxyl groups is 1. The smallest absolute Gasteiger partial charge is 0.321 e. The van der Waals surface area contributed by atoms with Crippen LogP contribution in [0.5, 0.6) is 0 Å². The second kappa shape index (κ2) is 5.04. The van der Waals surface area contributed by atoms with Crippen LogP contribution in [0, 0.1) is 6.92 Å². The van der Waals surface area contributed by atoms with Gasteiger partial charge in [0.1, 0.15) is 5.65 Å². The quantitative estimate of drug-likeness (QED) is 0.888. The van der Waals surface area contributed by atoms with E-state index in [0.29, 0.717) is 25.9 Å². The van der Waals surface area contributed by atoms with Crippen LogP contribution in [0.25, 0.3) is 5.65 Å². The Labute approximate surface area is 123 Å². The maximum atomic E-state index is 12.3. The number of β-amino-alcohol motifs (C(OH)–C–C–N with tert-alkyl or cyclic N) is 1. The molecule has 3 rings (SSSR count). The number of carbonyl (C=O) groups is 1. The number of hydrogen-bond donors (Lipinski definition) is 2. The van der Waals surface area contributed by atoms with E-state index in [9.17, 15) is 9.90 Å². The third-order valence-corrected chi connectivity index (χ3v) is 4.20. The van der Waals surface area contributed by atoms with Crippen molar-refractivity contribution in [1.82, 2.24) is 14.3 Å². The van der Waals surface area contributed by atoms with Gasteiger partial charge in [0.2, 0.25) is 0 Å². The van der Waals surface area contributed by atoms with Crippen molar-refractivity contribution >= 4 is 17.4 Å². The Morgan fingerprint density at radius 3 is 3.10 bits per heavy atom. The Bertz CT molecular complexity index is 681. The van der Waals surface area contributed by atoms with Crippen molar-refractivity contribution in [3.8, 4) is 0 Å². The van der Waals surface area contributed by atoms with Crippen molar-refractivity contribution in [1.29, 1.82) is 0 Å². The molecule has 1 unspecified atom stereocenters. The molecule has 2 aromatic heterocycles. The van der Waals surface area contributed by atoms with Crippen LogP contribution in [0.3, 0.4) is 0 Å². The zero-order valence-corrected chi connectivity index (χ0v) is 12.3. The van der Waals surface area contributed by atoms with Gasteiger partial charge < -0.3 is 19.7 Å². The molecule has 1 fully saturated rings. The highest BCUT2D eigenvalue weighted by atomic mass is 16.3. The van der Waals surface area contributed by atoms with Gasteiger partial charge in [-0.25, -0.2) is 9.78 Å². The highest BCUT2D eigenvalue weighted by molar-refractivity contribution is 5.89. The molecule has 3 heterocycles. The molecule has 0 spiro atoms. The van der Waals surface area contributed by atoms with Gasteiger partial charge >= 0.3 is 6.03 Å². The molecule has 1 aliphatic heterocycles. The summed E-state index contributed by atoms with van der Waals surface area (Å²) in [6.45, 7) is 4.88. The summed E-state index contributed by atoms with van der Waals surface area (Å²) in [4.78, 5) is 18.2. The lowest BCUT2D eigenvalue weighted by Crippen LogP contribution is -2.37. The lowest BCUT2D eigenvalue weighted by molar-refractivity contribution is 0.0492. The minimum atomic E-state index is -0.735. The highest BCUT2D eigenvalue weighted by Gasteiger charge is 2.36. The van der Waals surface area contributed by atoms with Gasteiger partial charge in [-0.3, -0.25) is 0 Å². The summed E-state index contributed by atoms with van der Waals surface area (Å²) in [6.07, 6.45) is 6.72. The molecular weight excluding hydrogens is 268 g/mol. The van der Waals surface area contributed by atoms with E-state index < -0.39 is 5.60 Å². The Morgan fingerprint density at radius 2 is 2.38 bits per heavy atom. The number of likely N-dealkylation sites (tertiary alicyclic amines) is 1. The predicted octanol–water partition coefficient (Wildman–Crippen LogP) is 2.02. The largest absolute Gasteiger partial charge is 0.388 e. The van der Waals surface area contributed by atoms with Crippen LogP contribution < -0.4 is 5.32 Å². The Morgan fingerprint density at radius 1 is 1.57 bits per heavy atom. The molecule has 6 heteroatoms. The number of urea groups is 1. The van der Waals surface area contributed by atoms with Gasteiger partial charge in [-0.05, 0) is 31.4 Å². The number of amides is 2. The number of anilines is 1. The summed E-state index contributed by atoms with van der Waals surface area (Å²) in [7, 11) is 0. The summed E-state index contributed by atoms with van der Waals surface area (Å²) in [5, 5.41) is 13.1. The topological polar surface area (TPSA) is 69.9 Å². The summed E-state index contributed by atoms with van der Waals surface area (Å²) in [5.41, 5.74) is 1.88. The SMILES string of the molecule is CCC1(O)CCN(C(=O)Nc2cc(C)c3nccn3c2)C1. The number of aromatic nitrogens is 2. The third-order valence-electron chi connectivity index (χ3n) is 4.20. The van der Waals surface area contributed by atoms with E-state index >= 15 is 0 Å². The molecule has 6 nitrogen and oxygen atoms in total. The molecule has 0 saturated carbocycles. The molecule has 0 aromatic carbocycles. The van der Waals surface area contributed by atoms with Crippen LogP contribution in [0.1, 0.15) is 25.3 Å². The van der Waals surface area contributed by atoms with Gasteiger partial charge in [-0.1, -0.05) is 6.92 Å². The standard InChI is InChI=1S/C15H20N4O2/c1-3-15(21)4-6-19(10-15)14(20)17-12-8-11(2)13-16-5-7-18(13)9-12/h5,7-9,21H,3-4,6,10H2,1-2H3,(H,17,20). The Kier molecular flexibility index (Phi) is 3.33. The van der Waals surface area contributed by atoms with Gasteiger partial charge in [-0.15, -0.1) is 0 Å². The second-order valence-electron chi connectivity index (χ2n) is 5.75. The number of imidazole rings is 1. The van der Waals surface area contributed by atoms with Crippen molar-refractivity contribution in [3.63, 3.8) is 0 Å². The third kappa shape index (κ3) is 2.58. The zero-order chi connectivity index (χ0) is 15.0. The average Bonchev–Trinajstić information content (AvgIpc) is 3.06. The molecule has 0 bridgehead atoms. The number of nitrogens with one attached hydrogen (secondary N) is 1. The van der Waals surface area contributed by atoms with Crippen LogP contribution in [0.2, 0.25) is 0 Å². The maximum absolute atomic E-state index is 12.3. The summed E-state index contributed by atoms with van der Waals surface area (Å²) in [6, 6.07) is 1.74. The molecule has 1 atom stereocenters. The Hall–Kier alpha value is -2.08. The first-order chi connectivity index (χ1) is 10.0. The lowest BCUT2D eigenvalue weighted by atomic mass is 10.0. The minimum absolute atomic E-state index is 0.168. The van der Waals surface area contributed by atoms with Gasteiger partial charge in [0.25, 0.3) is 0 Å². The maximum Gasteiger partial charge on any atom is 0.321 e. The van der Waals surface area contributed by atoms with Crippen LogP contribution in [0.15, 0.2) is 24.7 Å². The van der Waals surface area contributed by atoms with E-state index in [0.717, 1.165) is 16.9 Å². The van der Waals surface area contributed by atoms with Gasteiger partial charge in [0.15, 0.2) is 0 Å². The molecule has 1 saturated heterocycles. The number of rotatable bonds is 2. The first-order valence-corrected chi connectivity index (χ1v) is 7.22. The molecule has 21 heavy (non-hydrogen) atoms. The van der Waals surface area contributed by atoms with Crippen LogP contribution >= 0.6 is 0 Å². The van der Waals surface area contributed by atoms with Gasteiger partial charge in [-0.2, -0.15) is 0 Å². The van der Waals surface area contributed by atoms with E-state index in [1.165, 1.54) is 0 Å². The minimum Gasteiger partial charge on any atom is -0.388 e. The van der Waals surface area contributed by atoms with Crippen molar-refractivity contribution in [2.24, 2.45) is 0 Å². The van der Waals surface area contributed by atoms with E-state index in [1.807, 2.05) is 36.7 Å². The van der Waals surface area contributed by atoms with Gasteiger partial charge in [0, 0.05) is 25.1 Å². The number of nitrogens with zero attached hydrogens (tertiary/aromatic N) is 3. The molecular formula is C15H20N4O2. The number of carbonyl (C=O) groups excluding carboxylic acids is 1. The first kappa shape index (κ1) is 13.9. The molecule has 2 amide bonds. The van der Waals surface area contributed by atoms with E-state index in [2.05, 4.69) is 10.3 Å². The second-order valence-corrected chi connectivity index (χ2v) is 5.75. The van der Waals surface area contributed by atoms with E-state index in [-0.39, 0.29) is 6.03 Å². The van der Waals surface area contributed by atoms with Crippen LogP contribution in [0.4, 0.5) is 10.5 Å². The molecule has 2 N–H and O–H groups in total. The van der Waals surface area contributed by atoms with Crippen molar-refractivity contribution in [2.75, 3.05) is 18.4 Å².